The number of halogens is 2. The van der Waals surface area contributed by atoms with Crippen molar-refractivity contribution in [2.45, 2.75) is 0 Å². The lowest BCUT2D eigenvalue weighted by Gasteiger charge is -2.10. The van der Waals surface area contributed by atoms with Gasteiger partial charge in [-0.05, 0) is 52.9 Å². The highest BCUT2D eigenvalue weighted by atomic mass is 127. The third-order valence-corrected chi connectivity index (χ3v) is 3.82. The summed E-state index contributed by atoms with van der Waals surface area (Å²) in [6.07, 6.45) is 2.60. The Labute approximate surface area is 138 Å². The summed E-state index contributed by atoms with van der Waals surface area (Å²) in [4.78, 5) is 10.6. The van der Waals surface area contributed by atoms with Gasteiger partial charge in [-0.15, -0.1) is 0 Å². The third-order valence-electron chi connectivity index (χ3n) is 2.44. The van der Waals surface area contributed by atoms with Crippen LogP contribution in [-0.2, 0) is 4.79 Å². The van der Waals surface area contributed by atoms with Crippen LogP contribution in [0.1, 0.15) is 5.56 Å². The van der Waals surface area contributed by atoms with Crippen LogP contribution in [-0.4, -0.2) is 11.1 Å². The van der Waals surface area contributed by atoms with Gasteiger partial charge >= 0.3 is 5.97 Å². The molecule has 0 aliphatic carbocycles. The molecule has 2 aromatic rings. The fourth-order valence-corrected chi connectivity index (χ4v) is 2.38. The molecule has 0 aliphatic heterocycles. The summed E-state index contributed by atoms with van der Waals surface area (Å²) in [5.41, 5.74) is 0.704. The average molecular weight is 445 g/mol. The Morgan fingerprint density at radius 3 is 2.65 bits per heavy atom. The first kappa shape index (κ1) is 15.1. The Kier molecular flexibility index (Phi) is 5.19. The van der Waals surface area contributed by atoms with E-state index in [2.05, 4.69) is 38.5 Å². The molecule has 0 radical (unpaired) electrons. The summed E-state index contributed by atoms with van der Waals surface area (Å²) >= 11 is 5.58. The predicted octanol–water partition coefficient (Wildman–Crippen LogP) is 4.94. The highest BCUT2D eigenvalue weighted by Gasteiger charge is 2.06. The number of hydrogen-bond donors (Lipinski definition) is 1. The molecule has 102 valence electrons. The van der Waals surface area contributed by atoms with Crippen LogP contribution >= 0.6 is 38.5 Å². The minimum atomic E-state index is -0.992. The molecule has 0 saturated heterocycles. The number of carboxylic acids is 1. The first-order chi connectivity index (χ1) is 9.56. The van der Waals surface area contributed by atoms with Crippen LogP contribution in [0.15, 0.2) is 53.0 Å². The van der Waals surface area contributed by atoms with Gasteiger partial charge in [0.05, 0.1) is 3.57 Å². The van der Waals surface area contributed by atoms with Crippen molar-refractivity contribution in [2.75, 3.05) is 0 Å². The Hall–Kier alpha value is -1.34. The number of benzene rings is 2. The van der Waals surface area contributed by atoms with Gasteiger partial charge in [-0.25, -0.2) is 4.79 Å². The van der Waals surface area contributed by atoms with E-state index in [1.54, 1.807) is 6.07 Å². The molecule has 0 aliphatic rings. The molecule has 0 bridgehead atoms. The van der Waals surface area contributed by atoms with Crippen molar-refractivity contribution in [1.29, 1.82) is 0 Å². The molecule has 0 unspecified atom stereocenters. The SMILES string of the molecule is O=C(O)/C=C/c1ccc(Br)cc1Oc1ccccc1I. The number of carbonyl (C=O) groups is 1. The van der Waals surface area contributed by atoms with E-state index in [0.717, 1.165) is 19.9 Å². The Morgan fingerprint density at radius 1 is 1.20 bits per heavy atom. The van der Waals surface area contributed by atoms with Gasteiger partial charge in [-0.3, -0.25) is 0 Å². The maximum absolute atomic E-state index is 10.6. The number of rotatable bonds is 4. The molecular formula is C15H10BrIO3. The number of carboxylic acid groups (broad SMARTS) is 1. The minimum Gasteiger partial charge on any atom is -0.478 e. The second kappa shape index (κ2) is 6.90. The van der Waals surface area contributed by atoms with Crippen molar-refractivity contribution >= 4 is 50.6 Å². The van der Waals surface area contributed by atoms with E-state index in [1.165, 1.54) is 6.08 Å². The Balaban J connectivity index is 2.37. The Morgan fingerprint density at radius 2 is 1.95 bits per heavy atom. The molecule has 0 aromatic heterocycles. The normalized spacial score (nSPS) is 10.7. The Bertz CT molecular complexity index is 668. The van der Waals surface area contributed by atoms with E-state index in [9.17, 15) is 4.79 Å². The third kappa shape index (κ3) is 4.08. The van der Waals surface area contributed by atoms with Gasteiger partial charge in [0.25, 0.3) is 0 Å². The van der Waals surface area contributed by atoms with Crippen molar-refractivity contribution in [2.24, 2.45) is 0 Å². The molecule has 3 nitrogen and oxygen atoms in total. The molecule has 0 spiro atoms. The molecule has 5 heteroatoms. The van der Waals surface area contributed by atoms with E-state index in [-0.39, 0.29) is 0 Å². The van der Waals surface area contributed by atoms with Crippen LogP contribution in [0.25, 0.3) is 6.08 Å². The zero-order chi connectivity index (χ0) is 14.5. The first-order valence-electron chi connectivity index (χ1n) is 5.69. The maximum atomic E-state index is 10.6. The van der Waals surface area contributed by atoms with E-state index in [1.807, 2.05) is 36.4 Å². The van der Waals surface area contributed by atoms with Crippen molar-refractivity contribution < 1.29 is 14.6 Å². The molecule has 0 amide bonds. The van der Waals surface area contributed by atoms with Gasteiger partial charge in [0.2, 0.25) is 0 Å². The van der Waals surface area contributed by atoms with Gasteiger partial charge in [0.15, 0.2) is 0 Å². The van der Waals surface area contributed by atoms with Gasteiger partial charge in [0, 0.05) is 16.1 Å². The lowest BCUT2D eigenvalue weighted by atomic mass is 10.2. The topological polar surface area (TPSA) is 46.5 Å². The monoisotopic (exact) mass is 444 g/mol. The number of para-hydroxylation sites is 1. The second-order valence-electron chi connectivity index (χ2n) is 3.89. The second-order valence-corrected chi connectivity index (χ2v) is 5.96. The quantitative estimate of drug-likeness (QED) is 0.536. The highest BCUT2D eigenvalue weighted by molar-refractivity contribution is 14.1. The molecule has 20 heavy (non-hydrogen) atoms. The molecular weight excluding hydrogens is 435 g/mol. The zero-order valence-corrected chi connectivity index (χ0v) is 14.0. The number of ether oxygens (including phenoxy) is 1. The molecule has 2 rings (SSSR count). The summed E-state index contributed by atoms with van der Waals surface area (Å²) in [6, 6.07) is 13.1. The summed E-state index contributed by atoms with van der Waals surface area (Å²) in [6.45, 7) is 0. The van der Waals surface area contributed by atoms with Crippen LogP contribution < -0.4 is 4.74 Å². The van der Waals surface area contributed by atoms with E-state index < -0.39 is 5.97 Å². The van der Waals surface area contributed by atoms with Crippen LogP contribution in [0.5, 0.6) is 11.5 Å². The van der Waals surface area contributed by atoms with Crippen LogP contribution in [0.2, 0.25) is 0 Å². The van der Waals surface area contributed by atoms with Gasteiger partial charge in [-0.1, -0.05) is 34.1 Å². The predicted molar refractivity (Wildman–Crippen MR) is 90.0 cm³/mol. The fraction of sp³-hybridized carbons (Fsp3) is 0. The van der Waals surface area contributed by atoms with Crippen LogP contribution in [0.3, 0.4) is 0 Å². The number of aliphatic carboxylic acids is 1. The molecule has 0 heterocycles. The van der Waals surface area contributed by atoms with E-state index in [4.69, 9.17) is 9.84 Å². The molecule has 0 saturated carbocycles. The maximum Gasteiger partial charge on any atom is 0.328 e. The smallest absolute Gasteiger partial charge is 0.328 e. The first-order valence-corrected chi connectivity index (χ1v) is 7.56. The lowest BCUT2D eigenvalue weighted by molar-refractivity contribution is -0.131. The summed E-state index contributed by atoms with van der Waals surface area (Å²) in [7, 11) is 0. The zero-order valence-electron chi connectivity index (χ0n) is 10.2. The molecule has 0 atom stereocenters. The molecule has 0 fully saturated rings. The largest absolute Gasteiger partial charge is 0.478 e. The van der Waals surface area contributed by atoms with Crippen molar-refractivity contribution in [3.63, 3.8) is 0 Å². The van der Waals surface area contributed by atoms with E-state index in [0.29, 0.717) is 11.3 Å². The standard InChI is InChI=1S/C15H10BrIO3/c16-11-7-5-10(6-8-15(18)19)14(9-11)20-13-4-2-1-3-12(13)17/h1-9H,(H,18,19)/b8-6+. The minimum absolute atomic E-state index is 0.598. The average Bonchev–Trinajstić information content (AvgIpc) is 2.40. The summed E-state index contributed by atoms with van der Waals surface area (Å²) < 4.78 is 7.72. The van der Waals surface area contributed by atoms with Gasteiger partial charge in [-0.2, -0.15) is 0 Å². The van der Waals surface area contributed by atoms with Crippen LogP contribution in [0.4, 0.5) is 0 Å². The summed E-state index contributed by atoms with van der Waals surface area (Å²) in [5.74, 6) is 0.338. The molecule has 1 N–H and O–H groups in total. The van der Waals surface area contributed by atoms with E-state index >= 15 is 0 Å². The fourth-order valence-electron chi connectivity index (χ4n) is 1.54. The number of hydrogen-bond acceptors (Lipinski definition) is 2. The molecule has 2 aromatic carbocycles. The van der Waals surface area contributed by atoms with Crippen molar-refractivity contribution in [1.82, 2.24) is 0 Å². The summed E-state index contributed by atoms with van der Waals surface area (Å²) in [5, 5.41) is 8.72. The highest BCUT2D eigenvalue weighted by Crippen LogP contribution is 2.31. The van der Waals surface area contributed by atoms with Crippen LogP contribution in [0, 0.1) is 3.57 Å². The lowest BCUT2D eigenvalue weighted by Crippen LogP contribution is -1.91. The van der Waals surface area contributed by atoms with Gasteiger partial charge in [0.1, 0.15) is 11.5 Å². The van der Waals surface area contributed by atoms with Crippen molar-refractivity contribution in [3.8, 4) is 11.5 Å². The van der Waals surface area contributed by atoms with Crippen molar-refractivity contribution in [3.05, 3.63) is 62.1 Å². The van der Waals surface area contributed by atoms with Gasteiger partial charge < -0.3 is 9.84 Å².